The van der Waals surface area contributed by atoms with Crippen LogP contribution in [0.25, 0.3) is 0 Å². The Morgan fingerprint density at radius 1 is 1.23 bits per heavy atom. The molecule has 0 radical (unpaired) electrons. The molecule has 0 aliphatic carbocycles. The number of carbonyl (C=O) groups is 3. The average Bonchev–Trinajstić information content (AvgIpc) is 3.35. The maximum Gasteiger partial charge on any atom is 0.187 e. The second-order valence-corrected chi connectivity index (χ2v) is 10.3. The van der Waals surface area contributed by atoms with Gasteiger partial charge in [0, 0.05) is 37.0 Å². The summed E-state index contributed by atoms with van der Waals surface area (Å²) in [4.78, 5) is 40.2. The zero-order valence-corrected chi connectivity index (χ0v) is 21.3. The molecule has 1 fully saturated rings. The molecule has 1 aliphatic heterocycles. The first-order chi connectivity index (χ1) is 17.0. The summed E-state index contributed by atoms with van der Waals surface area (Å²) in [6.45, 7) is 2.80. The predicted molar refractivity (Wildman–Crippen MR) is 138 cm³/mol. The summed E-state index contributed by atoms with van der Waals surface area (Å²) in [6.07, 6.45) is 3.58. The van der Waals surface area contributed by atoms with Gasteiger partial charge >= 0.3 is 0 Å². The lowest BCUT2D eigenvalue weighted by molar-refractivity contribution is -0.122. The first-order valence-corrected chi connectivity index (χ1v) is 13.4. The van der Waals surface area contributed by atoms with Crippen molar-refractivity contribution >= 4 is 29.6 Å². The van der Waals surface area contributed by atoms with Crippen LogP contribution in [-0.4, -0.2) is 89.0 Å². The number of nitrogens with two attached hydrogens (primary N) is 1. The Kier molecular flexibility index (Phi) is 13.6. The first-order valence-electron chi connectivity index (χ1n) is 12.3. The van der Waals surface area contributed by atoms with Gasteiger partial charge in [0.05, 0.1) is 18.0 Å². The van der Waals surface area contributed by atoms with Gasteiger partial charge in [0.1, 0.15) is 12.3 Å². The minimum atomic E-state index is -1.02. The quantitative estimate of drug-likeness (QED) is 0.0628. The molecule has 9 nitrogen and oxygen atoms in total. The molecule has 1 aromatic carbocycles. The van der Waals surface area contributed by atoms with E-state index in [9.17, 15) is 24.6 Å². The van der Waals surface area contributed by atoms with Crippen molar-refractivity contribution in [1.29, 1.82) is 0 Å². The summed E-state index contributed by atoms with van der Waals surface area (Å²) in [5.41, 5.74) is 11.7. The van der Waals surface area contributed by atoms with Crippen molar-refractivity contribution in [3.05, 3.63) is 35.9 Å². The third-order valence-electron chi connectivity index (χ3n) is 6.25. The van der Waals surface area contributed by atoms with Crippen molar-refractivity contribution in [2.45, 2.75) is 50.1 Å². The van der Waals surface area contributed by atoms with E-state index in [2.05, 4.69) is 10.9 Å². The highest BCUT2D eigenvalue weighted by Crippen LogP contribution is 2.35. The second kappa shape index (κ2) is 16.2. The smallest absolute Gasteiger partial charge is 0.187 e. The topological polar surface area (TPSA) is 145 Å². The molecule has 4 unspecified atom stereocenters. The lowest BCUT2D eigenvalue weighted by Gasteiger charge is -2.35. The van der Waals surface area contributed by atoms with Gasteiger partial charge in [-0.05, 0) is 31.7 Å². The number of hydrogen-bond acceptors (Lipinski definition) is 10. The van der Waals surface area contributed by atoms with E-state index >= 15 is 0 Å². The summed E-state index contributed by atoms with van der Waals surface area (Å²) in [5.74, 6) is -0.0409. The first kappa shape index (κ1) is 29.6. The van der Waals surface area contributed by atoms with E-state index in [1.165, 1.54) is 0 Å². The number of aliphatic hydroxyl groups excluding tert-OH is 2. The van der Waals surface area contributed by atoms with Crippen LogP contribution in [0.5, 0.6) is 0 Å². The van der Waals surface area contributed by atoms with Crippen LogP contribution in [-0.2, 0) is 9.59 Å². The second-order valence-electron chi connectivity index (χ2n) is 9.09. The Morgan fingerprint density at radius 3 is 2.60 bits per heavy atom. The molecule has 0 amide bonds. The molecule has 0 spiro atoms. The van der Waals surface area contributed by atoms with Gasteiger partial charge in [-0.2, -0.15) is 0 Å². The number of thioether (sulfide) groups is 1. The Bertz CT molecular complexity index is 784. The number of aliphatic hydroxyl groups is 2. The highest BCUT2D eigenvalue weighted by molar-refractivity contribution is 8.00. The van der Waals surface area contributed by atoms with Crippen LogP contribution in [0.4, 0.5) is 0 Å². The third kappa shape index (κ3) is 9.05. The largest absolute Gasteiger partial charge is 0.396 e. The molecule has 10 heteroatoms. The van der Waals surface area contributed by atoms with Crippen molar-refractivity contribution < 1.29 is 24.6 Å². The van der Waals surface area contributed by atoms with Crippen LogP contribution in [0.1, 0.15) is 43.0 Å². The van der Waals surface area contributed by atoms with Gasteiger partial charge in [0.25, 0.3) is 0 Å². The molecule has 1 aliphatic rings. The van der Waals surface area contributed by atoms with Gasteiger partial charge in [0.2, 0.25) is 0 Å². The Labute approximate surface area is 212 Å². The fourth-order valence-corrected chi connectivity index (χ4v) is 5.79. The normalized spacial score (nSPS) is 19.7. The highest BCUT2D eigenvalue weighted by atomic mass is 32.2. The number of hydrogen-bond donors (Lipinski definition) is 5. The zero-order valence-electron chi connectivity index (χ0n) is 20.5. The number of nitrogens with one attached hydrogen (secondary N) is 2. The van der Waals surface area contributed by atoms with Gasteiger partial charge in [-0.1, -0.05) is 43.7 Å². The van der Waals surface area contributed by atoms with E-state index in [4.69, 9.17) is 5.73 Å². The SMILES string of the molecule is CC(CO)CC(CO)C1SCCN1C(C(=O)CNN[C@@H](C=O)CCCCN)C(=O)c1ccccc1. The standard InChI is InChI=1S/C25H40N4O5S/c1-18(15-30)13-20(16-31)25-29(11-12-35-25)23(24(34)19-7-3-2-4-8-19)22(33)14-27-28-21(17-32)9-5-6-10-26/h2-4,7-8,17-18,20-21,23,25,27-28,30-31H,5-6,9-16,26H2,1H3/t18?,20?,21-,23?,25?/m1/s1. The summed E-state index contributed by atoms with van der Waals surface area (Å²) < 4.78 is 0. The number of rotatable bonds is 18. The Balaban J connectivity index is 2.17. The Hall–Kier alpha value is -1.66. The number of benzene rings is 1. The molecule has 196 valence electrons. The molecule has 6 N–H and O–H groups in total. The van der Waals surface area contributed by atoms with Crippen LogP contribution in [0.2, 0.25) is 0 Å². The molecule has 1 aromatic rings. The fraction of sp³-hybridized carbons (Fsp3) is 0.640. The van der Waals surface area contributed by atoms with Crippen LogP contribution >= 0.6 is 11.8 Å². The molecule has 0 bridgehead atoms. The molecular weight excluding hydrogens is 468 g/mol. The van der Waals surface area contributed by atoms with Gasteiger partial charge < -0.3 is 20.7 Å². The molecule has 0 saturated carbocycles. The average molecular weight is 509 g/mol. The van der Waals surface area contributed by atoms with E-state index in [0.29, 0.717) is 31.5 Å². The fourth-order valence-electron chi connectivity index (χ4n) is 4.35. The van der Waals surface area contributed by atoms with Crippen LogP contribution in [0, 0.1) is 11.8 Å². The predicted octanol–water partition coefficient (Wildman–Crippen LogP) is 0.600. The number of ketones is 2. The molecule has 2 rings (SSSR count). The summed E-state index contributed by atoms with van der Waals surface area (Å²) >= 11 is 1.62. The van der Waals surface area contributed by atoms with E-state index < -0.39 is 12.1 Å². The number of nitrogens with zero attached hydrogens (tertiary/aromatic N) is 1. The number of unbranched alkanes of at least 4 members (excludes halogenated alkanes) is 1. The lowest BCUT2D eigenvalue weighted by atomic mass is 9.93. The minimum absolute atomic E-state index is 0.000381. The molecule has 5 atom stereocenters. The van der Waals surface area contributed by atoms with Gasteiger partial charge in [-0.25, -0.2) is 10.9 Å². The zero-order chi connectivity index (χ0) is 25.6. The maximum absolute atomic E-state index is 13.5. The Morgan fingerprint density at radius 2 is 1.97 bits per heavy atom. The molecular formula is C25H40N4O5S. The molecule has 1 saturated heterocycles. The van der Waals surface area contributed by atoms with Crippen LogP contribution in [0.3, 0.4) is 0 Å². The number of Topliss-reactive ketones (excluding diaryl/α,β-unsaturated/α-hetero) is 2. The van der Waals surface area contributed by atoms with E-state index in [1.807, 2.05) is 17.9 Å². The summed E-state index contributed by atoms with van der Waals surface area (Å²) in [7, 11) is 0. The summed E-state index contributed by atoms with van der Waals surface area (Å²) in [6, 6.07) is 7.27. The number of hydrazine groups is 1. The number of carbonyl (C=O) groups excluding carboxylic acids is 3. The van der Waals surface area contributed by atoms with Gasteiger partial charge in [0.15, 0.2) is 11.6 Å². The molecule has 1 heterocycles. The van der Waals surface area contributed by atoms with Crippen molar-refractivity contribution in [3.8, 4) is 0 Å². The van der Waals surface area contributed by atoms with E-state index in [-0.39, 0.29) is 48.5 Å². The minimum Gasteiger partial charge on any atom is -0.396 e. The van der Waals surface area contributed by atoms with Crippen molar-refractivity contribution in [2.24, 2.45) is 17.6 Å². The van der Waals surface area contributed by atoms with E-state index in [1.54, 1.807) is 36.0 Å². The summed E-state index contributed by atoms with van der Waals surface area (Å²) in [5, 5.41) is 19.4. The third-order valence-corrected chi connectivity index (χ3v) is 7.66. The maximum atomic E-state index is 13.5. The number of aldehydes is 1. The van der Waals surface area contributed by atoms with Crippen molar-refractivity contribution in [1.82, 2.24) is 15.8 Å². The lowest BCUT2D eigenvalue weighted by Crippen LogP contribution is -2.55. The molecule has 35 heavy (non-hydrogen) atoms. The van der Waals surface area contributed by atoms with Gasteiger partial charge in [-0.3, -0.25) is 14.5 Å². The van der Waals surface area contributed by atoms with Gasteiger partial charge in [-0.15, -0.1) is 11.8 Å². The highest BCUT2D eigenvalue weighted by Gasteiger charge is 2.42. The van der Waals surface area contributed by atoms with E-state index in [0.717, 1.165) is 24.9 Å². The van der Waals surface area contributed by atoms with Crippen LogP contribution < -0.4 is 16.6 Å². The monoisotopic (exact) mass is 508 g/mol. The molecule has 0 aromatic heterocycles. The van der Waals surface area contributed by atoms with Crippen LogP contribution in [0.15, 0.2) is 30.3 Å². The van der Waals surface area contributed by atoms with Crippen molar-refractivity contribution in [3.63, 3.8) is 0 Å². The van der Waals surface area contributed by atoms with Crippen molar-refractivity contribution in [2.75, 3.05) is 38.6 Å².